The van der Waals surface area contributed by atoms with Crippen LogP contribution in [0.3, 0.4) is 0 Å². The van der Waals surface area contributed by atoms with Gasteiger partial charge in [-0.2, -0.15) is 5.10 Å². The Kier molecular flexibility index (Phi) is 4.48. The van der Waals surface area contributed by atoms with Gasteiger partial charge in [0.05, 0.1) is 5.71 Å². The van der Waals surface area contributed by atoms with Crippen LogP contribution in [-0.2, 0) is 0 Å². The molecule has 128 valence electrons. The summed E-state index contributed by atoms with van der Waals surface area (Å²) in [6.45, 7) is 0. The Bertz CT molecular complexity index is 937. The maximum absolute atomic E-state index is 12.3. The van der Waals surface area contributed by atoms with Crippen LogP contribution >= 0.6 is 0 Å². The molecule has 0 radical (unpaired) electrons. The number of amides is 1. The molecule has 1 N–H and O–H groups in total. The molecule has 0 aromatic heterocycles. The Morgan fingerprint density at radius 1 is 0.885 bits per heavy atom. The number of nitrogens with one attached hydrogen (secondary N) is 1. The summed E-state index contributed by atoms with van der Waals surface area (Å²) in [5.41, 5.74) is 6.06. The maximum atomic E-state index is 12.3. The molecule has 3 aromatic rings. The third-order valence-corrected chi connectivity index (χ3v) is 4.35. The molecular weight excluding hydrogens is 324 g/mol. The SMILES string of the molecule is O=C(NN=C1CC(c2ccccc2)Oc2ccccc21)c1ccccc1. The number of ether oxygens (including phenoxy) is 1. The van der Waals surface area contributed by atoms with Crippen molar-refractivity contribution in [3.05, 3.63) is 102 Å². The zero-order valence-electron chi connectivity index (χ0n) is 14.1. The van der Waals surface area contributed by atoms with Crippen LogP contribution in [0.4, 0.5) is 0 Å². The topological polar surface area (TPSA) is 50.7 Å². The average molecular weight is 342 g/mol. The Morgan fingerprint density at radius 2 is 1.54 bits per heavy atom. The van der Waals surface area contributed by atoms with Gasteiger partial charge in [0.1, 0.15) is 11.9 Å². The molecule has 1 heterocycles. The lowest BCUT2D eigenvalue weighted by Crippen LogP contribution is -2.25. The van der Waals surface area contributed by atoms with Crippen molar-refractivity contribution in [3.8, 4) is 5.75 Å². The van der Waals surface area contributed by atoms with Gasteiger partial charge in [0.25, 0.3) is 5.91 Å². The number of hydrogen-bond acceptors (Lipinski definition) is 3. The van der Waals surface area contributed by atoms with Crippen LogP contribution < -0.4 is 10.2 Å². The molecule has 0 bridgehead atoms. The van der Waals surface area contributed by atoms with Gasteiger partial charge >= 0.3 is 0 Å². The highest BCUT2D eigenvalue weighted by atomic mass is 16.5. The molecule has 4 rings (SSSR count). The summed E-state index contributed by atoms with van der Waals surface area (Å²) in [6.07, 6.45) is 0.467. The number of fused-ring (bicyclic) bond motifs is 1. The summed E-state index contributed by atoms with van der Waals surface area (Å²) >= 11 is 0. The highest BCUT2D eigenvalue weighted by molar-refractivity contribution is 6.05. The molecule has 4 heteroatoms. The largest absolute Gasteiger partial charge is 0.485 e. The monoisotopic (exact) mass is 342 g/mol. The van der Waals surface area contributed by atoms with Crippen molar-refractivity contribution in [2.75, 3.05) is 0 Å². The van der Waals surface area contributed by atoms with E-state index in [1.807, 2.05) is 72.8 Å². The Balaban J connectivity index is 1.62. The molecule has 0 spiro atoms. The number of hydrogen-bond donors (Lipinski definition) is 1. The van der Waals surface area contributed by atoms with Crippen LogP contribution in [0.5, 0.6) is 5.75 Å². The zero-order valence-corrected chi connectivity index (χ0v) is 14.1. The van der Waals surface area contributed by atoms with Gasteiger partial charge in [0, 0.05) is 17.5 Å². The quantitative estimate of drug-likeness (QED) is 0.720. The van der Waals surface area contributed by atoms with E-state index in [9.17, 15) is 4.79 Å². The van der Waals surface area contributed by atoms with Gasteiger partial charge in [0.15, 0.2) is 0 Å². The number of benzene rings is 3. The van der Waals surface area contributed by atoms with Crippen molar-refractivity contribution >= 4 is 11.6 Å². The zero-order chi connectivity index (χ0) is 17.8. The predicted octanol–water partition coefficient (Wildman–Crippen LogP) is 4.34. The molecule has 26 heavy (non-hydrogen) atoms. The molecule has 4 nitrogen and oxygen atoms in total. The summed E-state index contributed by atoms with van der Waals surface area (Å²) in [7, 11) is 0. The number of nitrogens with zero attached hydrogens (tertiary/aromatic N) is 1. The van der Waals surface area contributed by atoms with E-state index in [2.05, 4.69) is 10.5 Å². The van der Waals surface area contributed by atoms with Gasteiger partial charge in [-0.1, -0.05) is 60.7 Å². The van der Waals surface area contributed by atoms with Gasteiger partial charge in [-0.05, 0) is 29.8 Å². The van der Waals surface area contributed by atoms with Crippen molar-refractivity contribution in [1.82, 2.24) is 5.43 Å². The third-order valence-electron chi connectivity index (χ3n) is 4.35. The van der Waals surface area contributed by atoms with Crippen LogP contribution in [0, 0.1) is 0 Å². The second kappa shape index (κ2) is 7.23. The van der Waals surface area contributed by atoms with Crippen LogP contribution in [0.25, 0.3) is 0 Å². The first-order valence-electron chi connectivity index (χ1n) is 8.54. The summed E-state index contributed by atoms with van der Waals surface area (Å²) in [6, 6.07) is 26.9. The Labute approximate surface area is 152 Å². The van der Waals surface area contributed by atoms with Crippen LogP contribution in [-0.4, -0.2) is 11.6 Å². The first-order valence-corrected chi connectivity index (χ1v) is 8.54. The molecule has 0 fully saturated rings. The molecule has 1 unspecified atom stereocenters. The van der Waals surface area contributed by atoms with Crippen molar-refractivity contribution in [2.45, 2.75) is 12.5 Å². The molecule has 0 saturated heterocycles. The fourth-order valence-corrected chi connectivity index (χ4v) is 3.02. The highest BCUT2D eigenvalue weighted by Gasteiger charge is 2.26. The number of rotatable bonds is 3. The van der Waals surface area contributed by atoms with Crippen LogP contribution in [0.2, 0.25) is 0 Å². The lowest BCUT2D eigenvalue weighted by atomic mass is 9.96. The molecule has 1 aliphatic rings. The van der Waals surface area contributed by atoms with E-state index < -0.39 is 0 Å². The van der Waals surface area contributed by atoms with Gasteiger partial charge in [-0.25, -0.2) is 5.43 Å². The van der Waals surface area contributed by atoms with E-state index in [-0.39, 0.29) is 12.0 Å². The molecule has 0 aliphatic carbocycles. The number of carbonyl (C=O) groups is 1. The lowest BCUT2D eigenvalue weighted by Gasteiger charge is -2.27. The predicted molar refractivity (Wildman–Crippen MR) is 101 cm³/mol. The minimum atomic E-state index is -0.224. The van der Waals surface area contributed by atoms with E-state index >= 15 is 0 Å². The van der Waals surface area contributed by atoms with Crippen molar-refractivity contribution in [3.63, 3.8) is 0 Å². The minimum absolute atomic E-state index is 0.126. The second-order valence-electron chi connectivity index (χ2n) is 6.08. The molecule has 1 amide bonds. The average Bonchev–Trinajstić information content (AvgIpc) is 2.73. The summed E-state index contributed by atoms with van der Waals surface area (Å²) in [5, 5.41) is 4.41. The minimum Gasteiger partial charge on any atom is -0.485 e. The van der Waals surface area contributed by atoms with Gasteiger partial charge in [-0.3, -0.25) is 4.79 Å². The van der Waals surface area contributed by atoms with Crippen molar-refractivity contribution in [2.24, 2.45) is 5.10 Å². The second-order valence-corrected chi connectivity index (χ2v) is 6.08. The van der Waals surface area contributed by atoms with Gasteiger partial charge in [0.2, 0.25) is 0 Å². The lowest BCUT2D eigenvalue weighted by molar-refractivity contribution is 0.0954. The summed E-state index contributed by atoms with van der Waals surface area (Å²) < 4.78 is 6.15. The Morgan fingerprint density at radius 3 is 2.31 bits per heavy atom. The first kappa shape index (κ1) is 16.1. The number of carbonyl (C=O) groups excluding carboxylic acids is 1. The number of para-hydroxylation sites is 1. The first-order chi connectivity index (χ1) is 12.8. The van der Waals surface area contributed by atoms with Crippen molar-refractivity contribution < 1.29 is 9.53 Å². The normalized spacial score (nSPS) is 17.2. The molecule has 1 atom stereocenters. The molecule has 0 saturated carbocycles. The molecular formula is C22H18N2O2. The van der Waals surface area contributed by atoms with Crippen molar-refractivity contribution in [1.29, 1.82) is 0 Å². The van der Waals surface area contributed by atoms with E-state index in [0.717, 1.165) is 22.6 Å². The van der Waals surface area contributed by atoms with Crippen LogP contribution in [0.1, 0.15) is 34.0 Å². The Hall–Kier alpha value is -3.40. The maximum Gasteiger partial charge on any atom is 0.271 e. The van der Waals surface area contributed by atoms with E-state index in [1.54, 1.807) is 12.1 Å². The smallest absolute Gasteiger partial charge is 0.271 e. The van der Waals surface area contributed by atoms with Crippen LogP contribution in [0.15, 0.2) is 90.0 Å². The summed E-state index contributed by atoms with van der Waals surface area (Å²) in [5.74, 6) is 0.554. The fourth-order valence-electron chi connectivity index (χ4n) is 3.02. The highest BCUT2D eigenvalue weighted by Crippen LogP contribution is 2.34. The molecule has 1 aliphatic heterocycles. The third kappa shape index (κ3) is 3.35. The number of hydrazone groups is 1. The van der Waals surface area contributed by atoms with Gasteiger partial charge < -0.3 is 4.74 Å². The summed E-state index contributed by atoms with van der Waals surface area (Å²) in [4.78, 5) is 12.3. The molecule has 3 aromatic carbocycles. The fraction of sp³-hybridized carbons (Fsp3) is 0.0909. The van der Waals surface area contributed by atoms with E-state index in [0.29, 0.717) is 12.0 Å². The van der Waals surface area contributed by atoms with Gasteiger partial charge in [-0.15, -0.1) is 0 Å². The van der Waals surface area contributed by atoms with E-state index in [4.69, 9.17) is 4.74 Å². The van der Waals surface area contributed by atoms with E-state index in [1.165, 1.54) is 0 Å². The standard InChI is InChI=1S/C22H18N2O2/c25-22(17-11-5-2-6-12-17)24-23-19-15-21(16-9-3-1-4-10-16)26-20-14-8-7-13-18(19)20/h1-14,21H,15H2,(H,24,25).